The van der Waals surface area contributed by atoms with Crippen LogP contribution in [0.1, 0.15) is 76.7 Å². The lowest BCUT2D eigenvalue weighted by Gasteiger charge is -2.03. The van der Waals surface area contributed by atoms with Crippen LogP contribution in [0.4, 0.5) is 4.39 Å². The van der Waals surface area contributed by atoms with E-state index in [2.05, 4.69) is 6.92 Å². The van der Waals surface area contributed by atoms with Crippen molar-refractivity contribution < 1.29 is 9.18 Å². The maximum absolute atomic E-state index is 13.4. The summed E-state index contributed by atoms with van der Waals surface area (Å²) < 4.78 is 13.4. The van der Waals surface area contributed by atoms with E-state index in [9.17, 15) is 9.18 Å². The maximum Gasteiger partial charge on any atom is 0.137 e. The van der Waals surface area contributed by atoms with Gasteiger partial charge in [0.1, 0.15) is 11.6 Å². The van der Waals surface area contributed by atoms with Crippen molar-refractivity contribution in [3.63, 3.8) is 0 Å². The summed E-state index contributed by atoms with van der Waals surface area (Å²) in [6.45, 7) is 2.23. The van der Waals surface area contributed by atoms with E-state index in [1.54, 1.807) is 18.2 Å². The predicted octanol–water partition coefficient (Wildman–Crippen LogP) is 5.86. The van der Waals surface area contributed by atoms with Crippen molar-refractivity contribution >= 4 is 5.78 Å². The summed E-state index contributed by atoms with van der Waals surface area (Å²) in [4.78, 5) is 11.8. The molecule has 0 radical (unpaired) electrons. The first-order chi connectivity index (χ1) is 10.2. The summed E-state index contributed by atoms with van der Waals surface area (Å²) in [5, 5.41) is 0. The normalized spacial score (nSPS) is 10.8. The van der Waals surface area contributed by atoms with Gasteiger partial charge in [0, 0.05) is 12.8 Å². The number of unbranched alkanes of at least 4 members (excludes halogenated alkanes) is 8. The van der Waals surface area contributed by atoms with E-state index in [4.69, 9.17) is 0 Å². The summed E-state index contributed by atoms with van der Waals surface area (Å²) in [5.41, 5.74) is 0.526. The van der Waals surface area contributed by atoms with Gasteiger partial charge < -0.3 is 0 Å². The van der Waals surface area contributed by atoms with Gasteiger partial charge in [-0.3, -0.25) is 4.79 Å². The Morgan fingerprint density at radius 1 is 0.905 bits per heavy atom. The van der Waals surface area contributed by atoms with Crippen LogP contribution in [0.15, 0.2) is 24.3 Å². The molecule has 0 unspecified atom stereocenters. The molecule has 0 fully saturated rings. The lowest BCUT2D eigenvalue weighted by atomic mass is 10.0. The fourth-order valence-corrected chi connectivity index (χ4v) is 2.58. The average Bonchev–Trinajstić information content (AvgIpc) is 2.48. The SMILES string of the molecule is CCCCCCCCCCCC(=O)Cc1ccccc1F. The van der Waals surface area contributed by atoms with Crippen molar-refractivity contribution in [2.45, 2.75) is 77.6 Å². The van der Waals surface area contributed by atoms with Crippen molar-refractivity contribution in [3.05, 3.63) is 35.6 Å². The molecule has 2 heteroatoms. The Kier molecular flexibility index (Phi) is 9.77. The van der Waals surface area contributed by atoms with Crippen molar-refractivity contribution in [2.24, 2.45) is 0 Å². The van der Waals surface area contributed by atoms with Gasteiger partial charge in [-0.15, -0.1) is 0 Å². The molecule has 0 atom stereocenters. The minimum Gasteiger partial charge on any atom is -0.299 e. The van der Waals surface area contributed by atoms with Gasteiger partial charge in [0.15, 0.2) is 0 Å². The maximum atomic E-state index is 13.4. The molecule has 0 bridgehead atoms. The topological polar surface area (TPSA) is 17.1 Å². The zero-order chi connectivity index (χ0) is 15.3. The Morgan fingerprint density at radius 3 is 2.10 bits per heavy atom. The second-order valence-electron chi connectivity index (χ2n) is 5.89. The van der Waals surface area contributed by atoms with Gasteiger partial charge in [0.05, 0.1) is 0 Å². The molecule has 1 aromatic carbocycles. The van der Waals surface area contributed by atoms with Gasteiger partial charge in [-0.2, -0.15) is 0 Å². The van der Waals surface area contributed by atoms with E-state index in [1.165, 1.54) is 51.0 Å². The molecule has 0 aliphatic rings. The van der Waals surface area contributed by atoms with Crippen LogP contribution in [0.5, 0.6) is 0 Å². The quantitative estimate of drug-likeness (QED) is 0.441. The van der Waals surface area contributed by atoms with Gasteiger partial charge in [-0.1, -0.05) is 76.5 Å². The third kappa shape index (κ3) is 8.64. The highest BCUT2D eigenvalue weighted by Crippen LogP contribution is 2.12. The van der Waals surface area contributed by atoms with Crippen LogP contribution in [-0.2, 0) is 11.2 Å². The van der Waals surface area contributed by atoms with Gasteiger partial charge in [-0.25, -0.2) is 4.39 Å². The van der Waals surface area contributed by atoms with E-state index in [0.29, 0.717) is 12.0 Å². The Labute approximate surface area is 129 Å². The summed E-state index contributed by atoms with van der Waals surface area (Å²) >= 11 is 0. The predicted molar refractivity (Wildman–Crippen MR) is 87.0 cm³/mol. The number of rotatable bonds is 12. The average molecular weight is 292 g/mol. The zero-order valence-corrected chi connectivity index (χ0v) is 13.4. The number of Topliss-reactive ketones (excluding diaryl/α,β-unsaturated/α-hetero) is 1. The number of carbonyl (C=O) groups excluding carboxylic acids is 1. The van der Waals surface area contributed by atoms with Crippen LogP contribution >= 0.6 is 0 Å². The number of hydrogen-bond acceptors (Lipinski definition) is 1. The standard InChI is InChI=1S/C19H29FO/c1-2-3-4-5-6-7-8-9-10-14-18(21)16-17-13-11-12-15-19(17)20/h11-13,15H,2-10,14,16H2,1H3. The van der Waals surface area contributed by atoms with Crippen molar-refractivity contribution in [1.29, 1.82) is 0 Å². The van der Waals surface area contributed by atoms with Crippen molar-refractivity contribution in [1.82, 2.24) is 0 Å². The molecular weight excluding hydrogens is 263 g/mol. The molecule has 1 nitrogen and oxygen atoms in total. The van der Waals surface area contributed by atoms with E-state index in [0.717, 1.165) is 12.8 Å². The minimum atomic E-state index is -0.266. The van der Waals surface area contributed by atoms with Crippen LogP contribution in [0.25, 0.3) is 0 Å². The van der Waals surface area contributed by atoms with Crippen LogP contribution in [0, 0.1) is 5.82 Å². The first-order valence-electron chi connectivity index (χ1n) is 8.49. The number of halogens is 1. The molecular formula is C19H29FO. The van der Waals surface area contributed by atoms with Crippen LogP contribution < -0.4 is 0 Å². The Bertz CT molecular complexity index is 400. The molecule has 1 aromatic rings. The van der Waals surface area contributed by atoms with Crippen molar-refractivity contribution in [3.8, 4) is 0 Å². The fourth-order valence-electron chi connectivity index (χ4n) is 2.58. The summed E-state index contributed by atoms with van der Waals surface area (Å²) in [6.07, 6.45) is 12.1. The van der Waals surface area contributed by atoms with E-state index in [1.807, 2.05) is 0 Å². The summed E-state index contributed by atoms with van der Waals surface area (Å²) in [7, 11) is 0. The van der Waals surface area contributed by atoms with Crippen LogP contribution in [0.2, 0.25) is 0 Å². The molecule has 1 rings (SSSR count). The minimum absolute atomic E-state index is 0.156. The number of carbonyl (C=O) groups is 1. The molecule has 0 heterocycles. The third-order valence-electron chi connectivity index (χ3n) is 3.90. The molecule has 0 saturated carbocycles. The van der Waals surface area contributed by atoms with Gasteiger partial charge in [-0.05, 0) is 18.1 Å². The molecule has 21 heavy (non-hydrogen) atoms. The van der Waals surface area contributed by atoms with E-state index < -0.39 is 0 Å². The first-order valence-corrected chi connectivity index (χ1v) is 8.49. The molecule has 0 saturated heterocycles. The van der Waals surface area contributed by atoms with E-state index >= 15 is 0 Å². The molecule has 118 valence electrons. The highest BCUT2D eigenvalue weighted by atomic mass is 19.1. The highest BCUT2D eigenvalue weighted by Gasteiger charge is 2.07. The molecule has 0 spiro atoms. The summed E-state index contributed by atoms with van der Waals surface area (Å²) in [6, 6.07) is 6.55. The van der Waals surface area contributed by atoms with Crippen molar-refractivity contribution in [2.75, 3.05) is 0 Å². The van der Waals surface area contributed by atoms with Crippen LogP contribution in [-0.4, -0.2) is 5.78 Å². The third-order valence-corrected chi connectivity index (χ3v) is 3.90. The lowest BCUT2D eigenvalue weighted by Crippen LogP contribution is -2.04. The smallest absolute Gasteiger partial charge is 0.137 e. The zero-order valence-electron chi connectivity index (χ0n) is 13.4. The first kappa shape index (κ1) is 17.9. The number of benzene rings is 1. The van der Waals surface area contributed by atoms with Gasteiger partial charge >= 0.3 is 0 Å². The van der Waals surface area contributed by atoms with Crippen LogP contribution in [0.3, 0.4) is 0 Å². The van der Waals surface area contributed by atoms with Gasteiger partial charge in [0.2, 0.25) is 0 Å². The second-order valence-corrected chi connectivity index (χ2v) is 5.89. The Morgan fingerprint density at radius 2 is 1.48 bits per heavy atom. The van der Waals surface area contributed by atoms with E-state index in [-0.39, 0.29) is 18.0 Å². The molecule has 0 amide bonds. The largest absolute Gasteiger partial charge is 0.299 e. The lowest BCUT2D eigenvalue weighted by molar-refractivity contribution is -0.118. The summed E-state index contributed by atoms with van der Waals surface area (Å²) in [5.74, 6) is -0.110. The number of hydrogen-bond donors (Lipinski definition) is 0. The second kappa shape index (κ2) is 11.5. The molecule has 0 N–H and O–H groups in total. The Balaban J connectivity index is 2.00. The molecule has 0 aliphatic carbocycles. The monoisotopic (exact) mass is 292 g/mol. The number of ketones is 1. The fraction of sp³-hybridized carbons (Fsp3) is 0.632. The molecule has 0 aliphatic heterocycles. The molecule has 0 aromatic heterocycles. The highest BCUT2D eigenvalue weighted by molar-refractivity contribution is 5.80. The Hall–Kier alpha value is -1.18. The van der Waals surface area contributed by atoms with Gasteiger partial charge in [0.25, 0.3) is 0 Å².